The summed E-state index contributed by atoms with van der Waals surface area (Å²) >= 11 is 1.87. The second kappa shape index (κ2) is 6.00. The lowest BCUT2D eigenvalue weighted by atomic mass is 10.1. The Morgan fingerprint density at radius 2 is 2.40 bits per heavy atom. The van der Waals surface area contributed by atoms with Crippen LogP contribution in [0.15, 0.2) is 23.4 Å². The number of nitrogens with two attached hydrogens (primary N) is 1. The van der Waals surface area contributed by atoms with Crippen molar-refractivity contribution < 1.29 is 10.1 Å². The number of rotatable bonds is 4. The molecular weight excluding hydrogens is 280 g/mol. The third-order valence-corrected chi connectivity index (χ3v) is 4.55. The lowest BCUT2D eigenvalue weighted by molar-refractivity contribution is -0.384. The first-order valence-corrected chi connectivity index (χ1v) is 7.27. The molecule has 1 aliphatic heterocycles. The van der Waals surface area contributed by atoms with E-state index in [1.165, 1.54) is 12.1 Å². The van der Waals surface area contributed by atoms with E-state index in [-0.39, 0.29) is 11.5 Å². The molecule has 0 aromatic heterocycles. The average Bonchev–Trinajstić information content (AvgIpc) is 2.99. The monoisotopic (exact) mass is 296 g/mol. The fourth-order valence-corrected chi connectivity index (χ4v) is 3.50. The molecule has 1 unspecified atom stereocenters. The van der Waals surface area contributed by atoms with Gasteiger partial charge in [0.25, 0.3) is 5.69 Å². The molecule has 1 saturated heterocycles. The normalized spacial score (nSPS) is 19.1. The summed E-state index contributed by atoms with van der Waals surface area (Å²) < 4.78 is 0. The van der Waals surface area contributed by atoms with Crippen LogP contribution in [0.5, 0.6) is 0 Å². The van der Waals surface area contributed by atoms with E-state index >= 15 is 0 Å². The summed E-state index contributed by atoms with van der Waals surface area (Å²) in [6, 6.07) is 4.77. The largest absolute Gasteiger partial charge is 0.409 e. The average molecular weight is 296 g/mol. The lowest BCUT2D eigenvalue weighted by Crippen LogP contribution is -2.33. The first-order chi connectivity index (χ1) is 9.54. The number of thioether (sulfide) groups is 1. The van der Waals surface area contributed by atoms with Crippen LogP contribution in [0.25, 0.3) is 0 Å². The smallest absolute Gasteiger partial charge is 0.270 e. The number of anilines is 1. The molecule has 3 N–H and O–H groups in total. The number of amidine groups is 1. The van der Waals surface area contributed by atoms with Crippen molar-refractivity contribution >= 4 is 29.0 Å². The maximum absolute atomic E-state index is 10.8. The Hall–Kier alpha value is -1.96. The second-order valence-corrected chi connectivity index (χ2v) is 5.72. The topological polar surface area (TPSA) is 105 Å². The van der Waals surface area contributed by atoms with Crippen molar-refractivity contribution in [2.24, 2.45) is 10.9 Å². The van der Waals surface area contributed by atoms with Gasteiger partial charge in [-0.2, -0.15) is 11.8 Å². The van der Waals surface area contributed by atoms with E-state index in [0.29, 0.717) is 11.6 Å². The first-order valence-electron chi connectivity index (χ1n) is 6.11. The maximum atomic E-state index is 10.8. The molecule has 0 saturated carbocycles. The highest BCUT2D eigenvalue weighted by Crippen LogP contribution is 2.30. The van der Waals surface area contributed by atoms with Crippen LogP contribution in [0.4, 0.5) is 11.4 Å². The van der Waals surface area contributed by atoms with Gasteiger partial charge < -0.3 is 15.8 Å². The van der Waals surface area contributed by atoms with Crippen molar-refractivity contribution in [3.63, 3.8) is 0 Å². The van der Waals surface area contributed by atoms with Crippen molar-refractivity contribution in [1.82, 2.24) is 0 Å². The number of nitrogens with zero attached hydrogens (tertiary/aromatic N) is 3. The van der Waals surface area contributed by atoms with Crippen LogP contribution < -0.4 is 10.6 Å². The number of hydrogen-bond donors (Lipinski definition) is 2. The van der Waals surface area contributed by atoms with E-state index < -0.39 is 4.92 Å². The number of benzene rings is 1. The van der Waals surface area contributed by atoms with Gasteiger partial charge in [0, 0.05) is 36.7 Å². The van der Waals surface area contributed by atoms with Crippen molar-refractivity contribution in [3.8, 4) is 0 Å². The fourth-order valence-electron chi connectivity index (χ4n) is 2.23. The van der Waals surface area contributed by atoms with E-state index in [1.54, 1.807) is 6.07 Å². The SMILES string of the molecule is CN(c1ccc([N+](=O)[O-])cc1C(N)=NO)C1CCSC1. The van der Waals surface area contributed by atoms with Gasteiger partial charge in [0.1, 0.15) is 0 Å². The van der Waals surface area contributed by atoms with Gasteiger partial charge in [-0.1, -0.05) is 5.16 Å². The van der Waals surface area contributed by atoms with E-state index in [2.05, 4.69) is 5.16 Å². The molecule has 1 atom stereocenters. The summed E-state index contributed by atoms with van der Waals surface area (Å²) in [5, 5.41) is 22.7. The van der Waals surface area contributed by atoms with Gasteiger partial charge in [-0.3, -0.25) is 10.1 Å². The van der Waals surface area contributed by atoms with Crippen LogP contribution >= 0.6 is 11.8 Å². The van der Waals surface area contributed by atoms with Crippen LogP contribution in [0.1, 0.15) is 12.0 Å². The second-order valence-electron chi connectivity index (χ2n) is 4.57. The van der Waals surface area contributed by atoms with Crippen LogP contribution in [0, 0.1) is 10.1 Å². The zero-order chi connectivity index (χ0) is 14.7. The van der Waals surface area contributed by atoms with E-state index in [1.807, 2.05) is 23.7 Å². The summed E-state index contributed by atoms with van der Waals surface area (Å²) in [5.41, 5.74) is 6.68. The molecule has 1 aliphatic rings. The first kappa shape index (κ1) is 14.4. The highest BCUT2D eigenvalue weighted by molar-refractivity contribution is 7.99. The van der Waals surface area contributed by atoms with Gasteiger partial charge in [0.15, 0.2) is 5.84 Å². The summed E-state index contributed by atoms with van der Waals surface area (Å²) in [7, 11) is 1.92. The molecule has 108 valence electrons. The number of oxime groups is 1. The summed E-state index contributed by atoms with van der Waals surface area (Å²) in [4.78, 5) is 12.4. The Morgan fingerprint density at radius 3 is 2.95 bits per heavy atom. The maximum Gasteiger partial charge on any atom is 0.270 e. The highest BCUT2D eigenvalue weighted by Gasteiger charge is 2.24. The molecular formula is C12H16N4O3S. The molecule has 0 spiro atoms. The van der Waals surface area contributed by atoms with Gasteiger partial charge in [0.2, 0.25) is 0 Å². The van der Waals surface area contributed by atoms with Gasteiger partial charge in [0.05, 0.1) is 10.5 Å². The van der Waals surface area contributed by atoms with Gasteiger partial charge in [-0.05, 0) is 18.2 Å². The van der Waals surface area contributed by atoms with Crippen molar-refractivity contribution in [2.45, 2.75) is 12.5 Å². The third kappa shape index (κ3) is 2.79. The summed E-state index contributed by atoms with van der Waals surface area (Å²) in [6.45, 7) is 0. The van der Waals surface area contributed by atoms with Crippen molar-refractivity contribution in [1.29, 1.82) is 0 Å². The molecule has 0 radical (unpaired) electrons. The number of nitro benzene ring substituents is 1. The zero-order valence-corrected chi connectivity index (χ0v) is 11.8. The molecule has 20 heavy (non-hydrogen) atoms. The Morgan fingerprint density at radius 1 is 1.65 bits per heavy atom. The molecule has 8 heteroatoms. The minimum atomic E-state index is -0.497. The van der Waals surface area contributed by atoms with Gasteiger partial charge in [-0.15, -0.1) is 0 Å². The van der Waals surface area contributed by atoms with E-state index in [0.717, 1.165) is 23.6 Å². The standard InChI is InChI=1S/C12H16N4O3S/c1-15(9-4-5-20-7-9)11-3-2-8(16(18)19)6-10(11)12(13)14-17/h2-3,6,9,17H,4-5,7H2,1H3,(H2,13,14). The van der Waals surface area contributed by atoms with Crippen LogP contribution in [0.2, 0.25) is 0 Å². The van der Waals surface area contributed by atoms with Crippen LogP contribution in [-0.2, 0) is 0 Å². The minimum Gasteiger partial charge on any atom is -0.409 e. The predicted octanol–water partition coefficient (Wildman–Crippen LogP) is 1.63. The summed E-state index contributed by atoms with van der Waals surface area (Å²) in [6.07, 6.45) is 1.05. The van der Waals surface area contributed by atoms with Crippen LogP contribution in [-0.4, -0.2) is 40.6 Å². The molecule has 1 aromatic carbocycles. The Bertz CT molecular complexity index is 544. The molecule has 2 rings (SSSR count). The minimum absolute atomic E-state index is 0.0791. The predicted molar refractivity (Wildman–Crippen MR) is 79.7 cm³/mol. The molecule has 1 heterocycles. The molecule has 0 aliphatic carbocycles. The molecule has 0 amide bonds. The number of hydrogen-bond acceptors (Lipinski definition) is 6. The number of nitro groups is 1. The van der Waals surface area contributed by atoms with Crippen LogP contribution in [0.3, 0.4) is 0 Å². The third-order valence-electron chi connectivity index (χ3n) is 3.41. The van der Waals surface area contributed by atoms with E-state index in [9.17, 15) is 10.1 Å². The summed E-state index contributed by atoms with van der Waals surface area (Å²) in [5.74, 6) is 1.98. The quantitative estimate of drug-likeness (QED) is 0.288. The highest BCUT2D eigenvalue weighted by atomic mass is 32.2. The lowest BCUT2D eigenvalue weighted by Gasteiger charge is -2.27. The van der Waals surface area contributed by atoms with E-state index in [4.69, 9.17) is 10.9 Å². The van der Waals surface area contributed by atoms with Gasteiger partial charge in [-0.25, -0.2) is 0 Å². The molecule has 0 bridgehead atoms. The molecule has 1 aromatic rings. The molecule has 1 fully saturated rings. The Kier molecular flexibility index (Phi) is 4.33. The van der Waals surface area contributed by atoms with Gasteiger partial charge >= 0.3 is 0 Å². The Labute approximate surface area is 120 Å². The zero-order valence-electron chi connectivity index (χ0n) is 11.0. The van der Waals surface area contributed by atoms with Crippen molar-refractivity contribution in [3.05, 3.63) is 33.9 Å². The van der Waals surface area contributed by atoms with Crippen molar-refractivity contribution in [2.75, 3.05) is 23.5 Å². The number of non-ortho nitro benzene ring substituents is 1. The fraction of sp³-hybridized carbons (Fsp3) is 0.417. The molecule has 7 nitrogen and oxygen atoms in total. The Balaban J connectivity index is 2.43.